The number of fused-ring (bicyclic) bond motifs is 5. The quantitative estimate of drug-likeness (QED) is 0.490. The fourth-order valence-electron chi connectivity index (χ4n) is 7.77. The number of aromatic nitrogens is 1. The van der Waals surface area contributed by atoms with Crippen molar-refractivity contribution in [3.05, 3.63) is 70.6 Å². The van der Waals surface area contributed by atoms with Gasteiger partial charge in [0.2, 0.25) is 5.69 Å². The number of hydrogen-bond acceptors (Lipinski definition) is 1. The standard InChI is InChI=1S/C28H34FN2O/c1-5-19-17-27(2)23(10-13-28(27,32)16-18-11-14-31(4)15-12-18)22-7-6-21-20(25(19)22)8-9-24(30-3)26(21)29/h8-9,11-12,14-15,19,22-23,25,32H,5-7,10,13,16-17H2,1-2,4H3/q+1/t19-,22?,23?,25?,27-,28+/m0/s1. The van der Waals surface area contributed by atoms with E-state index in [4.69, 9.17) is 6.57 Å². The van der Waals surface area contributed by atoms with Crippen molar-refractivity contribution in [1.29, 1.82) is 0 Å². The normalized spacial score (nSPS) is 35.5. The predicted octanol–water partition coefficient (Wildman–Crippen LogP) is 5.67. The van der Waals surface area contributed by atoms with E-state index < -0.39 is 5.60 Å². The zero-order valence-electron chi connectivity index (χ0n) is 19.4. The van der Waals surface area contributed by atoms with E-state index in [9.17, 15) is 5.11 Å². The van der Waals surface area contributed by atoms with Gasteiger partial charge in [0, 0.05) is 24.0 Å². The van der Waals surface area contributed by atoms with Crippen LogP contribution in [0.5, 0.6) is 0 Å². The summed E-state index contributed by atoms with van der Waals surface area (Å²) in [6.07, 6.45) is 10.4. The molecule has 3 nitrogen and oxygen atoms in total. The second-order valence-corrected chi connectivity index (χ2v) is 10.8. The van der Waals surface area contributed by atoms with Crippen LogP contribution in [0.1, 0.15) is 68.6 Å². The fourth-order valence-corrected chi connectivity index (χ4v) is 7.77. The highest BCUT2D eigenvalue weighted by molar-refractivity contribution is 5.53. The summed E-state index contributed by atoms with van der Waals surface area (Å²) in [6, 6.07) is 7.99. The molecule has 1 N–H and O–H groups in total. The minimum absolute atomic E-state index is 0.126. The fraction of sp³-hybridized carbons (Fsp3) is 0.571. The van der Waals surface area contributed by atoms with Crippen molar-refractivity contribution in [1.82, 2.24) is 0 Å². The highest BCUT2D eigenvalue weighted by Crippen LogP contribution is 2.67. The number of hydrogen-bond donors (Lipinski definition) is 1. The zero-order valence-corrected chi connectivity index (χ0v) is 19.4. The first-order valence-electron chi connectivity index (χ1n) is 12.2. The number of benzene rings is 1. The van der Waals surface area contributed by atoms with Gasteiger partial charge in [-0.2, -0.15) is 0 Å². The largest absolute Gasteiger partial charge is 0.389 e. The monoisotopic (exact) mass is 433 g/mol. The van der Waals surface area contributed by atoms with Crippen molar-refractivity contribution in [2.45, 2.75) is 70.3 Å². The Morgan fingerprint density at radius 3 is 2.66 bits per heavy atom. The molecule has 1 aromatic heterocycles. The Hall–Kier alpha value is -2.25. The highest BCUT2D eigenvalue weighted by Gasteiger charge is 2.63. The summed E-state index contributed by atoms with van der Waals surface area (Å²) in [5, 5.41) is 12.1. The van der Waals surface area contributed by atoms with Crippen molar-refractivity contribution < 1.29 is 14.1 Å². The molecule has 3 unspecified atom stereocenters. The average molecular weight is 434 g/mol. The molecule has 2 saturated carbocycles. The van der Waals surface area contributed by atoms with E-state index >= 15 is 4.39 Å². The Kier molecular flexibility index (Phi) is 5.17. The summed E-state index contributed by atoms with van der Waals surface area (Å²) in [5.74, 6) is 1.41. The van der Waals surface area contributed by atoms with Crippen molar-refractivity contribution in [2.75, 3.05) is 0 Å². The van der Waals surface area contributed by atoms with E-state index in [2.05, 4.69) is 43.2 Å². The van der Waals surface area contributed by atoms with Gasteiger partial charge >= 0.3 is 0 Å². The average Bonchev–Trinajstić information content (AvgIpc) is 3.05. The SMILES string of the molecule is [C-]#[N+]c1ccc2c(c1F)CCC1C2[C@@H](CC)C[C@@]2(C)C1CC[C@@]2(O)Cc1cc[n+](C)cc1. The van der Waals surface area contributed by atoms with Crippen LogP contribution in [-0.2, 0) is 19.9 Å². The summed E-state index contributed by atoms with van der Waals surface area (Å²) in [5.41, 5.74) is 2.46. The Balaban J connectivity index is 1.51. The highest BCUT2D eigenvalue weighted by atomic mass is 19.1. The Bertz CT molecular complexity index is 1070. The van der Waals surface area contributed by atoms with Gasteiger partial charge in [-0.15, -0.1) is 0 Å². The third-order valence-corrected chi connectivity index (χ3v) is 9.46. The molecule has 0 spiro atoms. The molecule has 1 aromatic carbocycles. The number of nitrogens with zero attached hydrogens (tertiary/aromatic N) is 2. The molecule has 0 bridgehead atoms. The molecule has 168 valence electrons. The molecule has 3 aliphatic carbocycles. The lowest BCUT2D eigenvalue weighted by atomic mass is 9.49. The Labute approximate surface area is 191 Å². The number of aliphatic hydroxyl groups is 1. The molecule has 2 aromatic rings. The van der Waals surface area contributed by atoms with E-state index in [1.165, 1.54) is 5.56 Å². The van der Waals surface area contributed by atoms with Crippen LogP contribution in [0.25, 0.3) is 4.85 Å². The van der Waals surface area contributed by atoms with Gasteiger partial charge in [0.1, 0.15) is 12.9 Å². The van der Waals surface area contributed by atoms with Crippen LogP contribution in [-0.4, -0.2) is 10.7 Å². The van der Waals surface area contributed by atoms with Crippen LogP contribution in [0.3, 0.4) is 0 Å². The first-order chi connectivity index (χ1) is 15.3. The molecule has 1 heterocycles. The lowest BCUT2D eigenvalue weighted by Crippen LogP contribution is -2.54. The van der Waals surface area contributed by atoms with Crippen LogP contribution < -0.4 is 4.57 Å². The minimum Gasteiger partial charge on any atom is -0.389 e. The molecule has 0 aliphatic heterocycles. The van der Waals surface area contributed by atoms with Gasteiger partial charge < -0.3 is 5.11 Å². The molecule has 5 rings (SSSR count). The van der Waals surface area contributed by atoms with E-state index in [-0.39, 0.29) is 16.9 Å². The molecule has 0 saturated heterocycles. The van der Waals surface area contributed by atoms with E-state index in [1.54, 1.807) is 6.07 Å². The molecular formula is C28H34FN2O+. The van der Waals surface area contributed by atoms with Gasteiger partial charge in [-0.25, -0.2) is 13.8 Å². The van der Waals surface area contributed by atoms with Crippen LogP contribution in [0.2, 0.25) is 0 Å². The Morgan fingerprint density at radius 1 is 1.22 bits per heavy atom. The first-order valence-corrected chi connectivity index (χ1v) is 12.2. The smallest absolute Gasteiger partial charge is 0.222 e. The molecule has 0 radical (unpaired) electrons. The number of pyridine rings is 1. The minimum atomic E-state index is -0.699. The topological polar surface area (TPSA) is 28.5 Å². The first kappa shape index (κ1) is 21.6. The zero-order chi connectivity index (χ0) is 22.7. The van der Waals surface area contributed by atoms with Gasteiger partial charge in [-0.3, -0.25) is 0 Å². The second-order valence-electron chi connectivity index (χ2n) is 10.8. The summed E-state index contributed by atoms with van der Waals surface area (Å²) in [7, 11) is 2.02. The molecule has 2 fully saturated rings. The van der Waals surface area contributed by atoms with E-state index in [1.807, 2.05) is 17.7 Å². The van der Waals surface area contributed by atoms with Crippen molar-refractivity contribution in [3.8, 4) is 0 Å². The molecule has 0 amide bonds. The third kappa shape index (κ3) is 3.05. The molecular weight excluding hydrogens is 399 g/mol. The van der Waals surface area contributed by atoms with Gasteiger partial charge in [0.05, 0.1) is 12.2 Å². The van der Waals surface area contributed by atoms with Crippen LogP contribution in [0, 0.1) is 35.6 Å². The summed E-state index contributed by atoms with van der Waals surface area (Å²) < 4.78 is 17.1. The molecule has 6 atom stereocenters. The van der Waals surface area contributed by atoms with Gasteiger partial charge in [0.25, 0.3) is 0 Å². The lowest BCUT2D eigenvalue weighted by molar-refractivity contribution is -0.671. The molecule has 4 heteroatoms. The summed E-state index contributed by atoms with van der Waals surface area (Å²) >= 11 is 0. The van der Waals surface area contributed by atoms with Gasteiger partial charge in [0.15, 0.2) is 12.4 Å². The van der Waals surface area contributed by atoms with Crippen molar-refractivity contribution in [3.63, 3.8) is 0 Å². The Morgan fingerprint density at radius 2 is 1.97 bits per heavy atom. The maximum Gasteiger partial charge on any atom is 0.222 e. The summed E-state index contributed by atoms with van der Waals surface area (Å²) in [4.78, 5) is 3.39. The number of halogens is 1. The lowest BCUT2D eigenvalue weighted by Gasteiger charge is -2.56. The third-order valence-electron chi connectivity index (χ3n) is 9.46. The van der Waals surface area contributed by atoms with Gasteiger partial charge in [-0.1, -0.05) is 32.4 Å². The van der Waals surface area contributed by atoms with Crippen molar-refractivity contribution >= 4 is 5.69 Å². The van der Waals surface area contributed by atoms with Crippen LogP contribution in [0.4, 0.5) is 10.1 Å². The van der Waals surface area contributed by atoms with E-state index in [0.29, 0.717) is 36.5 Å². The van der Waals surface area contributed by atoms with Gasteiger partial charge in [-0.05, 0) is 72.5 Å². The van der Waals surface area contributed by atoms with E-state index in [0.717, 1.165) is 43.2 Å². The van der Waals surface area contributed by atoms with Crippen molar-refractivity contribution in [2.24, 2.45) is 30.2 Å². The summed E-state index contributed by atoms with van der Waals surface area (Å²) in [6.45, 7) is 11.9. The number of aryl methyl sites for hydroxylation is 1. The predicted molar refractivity (Wildman–Crippen MR) is 123 cm³/mol. The number of rotatable bonds is 3. The van der Waals surface area contributed by atoms with Crippen LogP contribution >= 0.6 is 0 Å². The maximum absolute atomic E-state index is 15.0. The molecule has 3 aliphatic rings. The second kappa shape index (κ2) is 7.66. The maximum atomic E-state index is 15.0. The van der Waals surface area contributed by atoms with Crippen LogP contribution in [0.15, 0.2) is 36.7 Å². The molecule has 32 heavy (non-hydrogen) atoms.